The molecular formula is C21H23B2BrF3N3O4. The molecule has 13 heteroatoms. The lowest BCUT2D eigenvalue weighted by Crippen LogP contribution is -2.41. The van der Waals surface area contributed by atoms with Crippen LogP contribution in [0.4, 0.5) is 13.2 Å². The van der Waals surface area contributed by atoms with Crippen molar-refractivity contribution in [2.45, 2.75) is 38.9 Å². The van der Waals surface area contributed by atoms with Crippen molar-refractivity contribution in [2.24, 2.45) is 0 Å². The second kappa shape index (κ2) is 11.9. The second-order valence-electron chi connectivity index (χ2n) is 8.16. The van der Waals surface area contributed by atoms with Crippen LogP contribution in [0.15, 0.2) is 59.9 Å². The van der Waals surface area contributed by atoms with Gasteiger partial charge in [0, 0.05) is 34.0 Å². The maximum absolute atomic E-state index is 13.0. The van der Waals surface area contributed by atoms with E-state index in [-0.39, 0.29) is 17.1 Å². The molecule has 0 bridgehead atoms. The topological polar surface area (TPSA) is 97.6 Å². The van der Waals surface area contributed by atoms with Crippen molar-refractivity contribution in [3.63, 3.8) is 0 Å². The van der Waals surface area contributed by atoms with Gasteiger partial charge in [-0.25, -0.2) is 13.2 Å². The molecule has 7 nitrogen and oxygen atoms in total. The lowest BCUT2D eigenvalue weighted by atomic mass is 9.80. The van der Waals surface area contributed by atoms with Gasteiger partial charge in [0.15, 0.2) is 0 Å². The fourth-order valence-corrected chi connectivity index (χ4v) is 2.83. The van der Waals surface area contributed by atoms with Crippen LogP contribution in [0.3, 0.4) is 0 Å². The molecule has 1 saturated heterocycles. The minimum atomic E-state index is -1.65. The highest BCUT2D eigenvalue weighted by Crippen LogP contribution is 2.36. The van der Waals surface area contributed by atoms with Gasteiger partial charge >= 0.3 is 14.2 Å². The molecule has 0 amide bonds. The monoisotopic (exact) mass is 539 g/mol. The first-order valence-corrected chi connectivity index (χ1v) is 10.8. The normalized spacial score (nSPS) is 15.5. The van der Waals surface area contributed by atoms with Gasteiger partial charge in [0.1, 0.15) is 17.5 Å². The Morgan fingerprint density at radius 1 is 0.765 bits per heavy atom. The number of hydrogen-bond donors (Lipinski definition) is 2. The van der Waals surface area contributed by atoms with Gasteiger partial charge in [-0.1, -0.05) is 0 Å². The van der Waals surface area contributed by atoms with Gasteiger partial charge in [-0.2, -0.15) is 0 Å². The highest BCUT2D eigenvalue weighted by atomic mass is 79.9. The van der Waals surface area contributed by atoms with Crippen molar-refractivity contribution >= 4 is 41.1 Å². The molecule has 0 unspecified atom stereocenters. The van der Waals surface area contributed by atoms with Crippen LogP contribution >= 0.6 is 15.9 Å². The molecule has 4 heterocycles. The molecule has 0 radical (unpaired) electrons. The van der Waals surface area contributed by atoms with Gasteiger partial charge in [-0.05, 0) is 61.8 Å². The Kier molecular flexibility index (Phi) is 9.77. The van der Waals surface area contributed by atoms with E-state index in [2.05, 4.69) is 30.9 Å². The Hall–Kier alpha value is -2.31. The molecule has 3 aromatic heterocycles. The summed E-state index contributed by atoms with van der Waals surface area (Å²) in [4.78, 5) is 10.8. The Bertz CT molecular complexity index is 1060. The lowest BCUT2D eigenvalue weighted by molar-refractivity contribution is 0.00578. The average molecular weight is 540 g/mol. The smallest absolute Gasteiger partial charge is 0.423 e. The van der Waals surface area contributed by atoms with Gasteiger partial charge < -0.3 is 19.4 Å². The number of rotatable bonds is 2. The van der Waals surface area contributed by atoms with Crippen LogP contribution in [0.2, 0.25) is 0 Å². The molecule has 34 heavy (non-hydrogen) atoms. The van der Waals surface area contributed by atoms with Gasteiger partial charge in [-0.3, -0.25) is 15.0 Å². The first-order chi connectivity index (χ1) is 15.8. The van der Waals surface area contributed by atoms with E-state index in [9.17, 15) is 13.2 Å². The van der Waals surface area contributed by atoms with Crippen LogP contribution in [0, 0.1) is 17.5 Å². The van der Waals surface area contributed by atoms with E-state index in [0.29, 0.717) is 9.94 Å². The Balaban J connectivity index is 0.000000195. The fraction of sp³-hybridized carbons (Fsp3) is 0.286. The quantitative estimate of drug-likeness (QED) is 0.483. The molecule has 0 saturated carbocycles. The predicted octanol–water partition coefficient (Wildman–Crippen LogP) is 2.40. The molecule has 0 aliphatic carbocycles. The molecule has 180 valence electrons. The van der Waals surface area contributed by atoms with Crippen molar-refractivity contribution < 1.29 is 32.5 Å². The van der Waals surface area contributed by atoms with Crippen LogP contribution in [0.5, 0.6) is 0 Å². The van der Waals surface area contributed by atoms with Crippen molar-refractivity contribution in [1.82, 2.24) is 15.0 Å². The number of nitrogens with zero attached hydrogens (tertiary/aromatic N) is 3. The van der Waals surface area contributed by atoms with Crippen molar-refractivity contribution in [3.05, 3.63) is 77.3 Å². The maximum atomic E-state index is 13.0. The number of aromatic nitrogens is 3. The summed E-state index contributed by atoms with van der Waals surface area (Å²) in [5.74, 6) is -1.28. The van der Waals surface area contributed by atoms with E-state index in [1.165, 1.54) is 24.5 Å². The van der Waals surface area contributed by atoms with Crippen LogP contribution in [-0.4, -0.2) is 50.4 Å². The van der Waals surface area contributed by atoms with Crippen molar-refractivity contribution in [3.8, 4) is 0 Å². The zero-order valence-corrected chi connectivity index (χ0v) is 20.5. The third kappa shape index (κ3) is 8.17. The summed E-state index contributed by atoms with van der Waals surface area (Å²) in [5.41, 5.74) is -0.160. The summed E-state index contributed by atoms with van der Waals surface area (Å²) < 4.78 is 49.6. The highest BCUT2D eigenvalue weighted by Gasteiger charge is 2.51. The third-order valence-electron chi connectivity index (χ3n) is 4.95. The summed E-state index contributed by atoms with van der Waals surface area (Å²) in [7, 11) is -2.20. The first-order valence-electron chi connectivity index (χ1n) is 9.99. The SMILES string of the molecule is CC1(C)OB(c2cncc(F)c2)OC1(C)C.Fc1cncc(Br)c1.OB(O)c1cncc(F)c1. The first kappa shape index (κ1) is 27.9. The zero-order chi connectivity index (χ0) is 25.5. The van der Waals surface area contributed by atoms with Gasteiger partial charge in [-0.15, -0.1) is 0 Å². The molecule has 2 N–H and O–H groups in total. The summed E-state index contributed by atoms with van der Waals surface area (Å²) in [6.07, 6.45) is 7.59. The summed E-state index contributed by atoms with van der Waals surface area (Å²) >= 11 is 3.06. The molecule has 0 spiro atoms. The summed E-state index contributed by atoms with van der Waals surface area (Å²) in [5, 5.41) is 17.0. The molecular weight excluding hydrogens is 517 g/mol. The molecule has 4 rings (SSSR count). The molecule has 1 aliphatic heterocycles. The minimum absolute atomic E-state index is 0.0556. The van der Waals surface area contributed by atoms with E-state index >= 15 is 0 Å². The van der Waals surface area contributed by atoms with E-state index < -0.39 is 31.3 Å². The fourth-order valence-electron chi connectivity index (χ4n) is 2.49. The van der Waals surface area contributed by atoms with Gasteiger partial charge in [0.25, 0.3) is 0 Å². The van der Waals surface area contributed by atoms with E-state index in [1.807, 2.05) is 27.7 Å². The summed E-state index contributed by atoms with van der Waals surface area (Å²) in [6, 6.07) is 3.75. The molecule has 0 atom stereocenters. The number of halogens is 4. The maximum Gasteiger partial charge on any atom is 0.496 e. The van der Waals surface area contributed by atoms with Crippen LogP contribution in [-0.2, 0) is 9.31 Å². The molecule has 1 aliphatic rings. The van der Waals surface area contributed by atoms with Crippen LogP contribution in [0.1, 0.15) is 27.7 Å². The van der Waals surface area contributed by atoms with Crippen LogP contribution < -0.4 is 10.9 Å². The zero-order valence-electron chi connectivity index (χ0n) is 18.9. The largest absolute Gasteiger partial charge is 0.496 e. The number of hydrogen-bond acceptors (Lipinski definition) is 7. The van der Waals surface area contributed by atoms with E-state index in [4.69, 9.17) is 19.4 Å². The van der Waals surface area contributed by atoms with Gasteiger partial charge in [0.2, 0.25) is 0 Å². The number of pyridine rings is 3. The van der Waals surface area contributed by atoms with Crippen LogP contribution in [0.25, 0.3) is 0 Å². The standard InChI is InChI=1S/C11H15BFNO2.C5H5BFNO2.C5H3BrFN/c1-10(2)11(3,4)16-12(15-10)8-5-9(13)7-14-6-8;7-5-1-4(6(9)10)2-8-3-5;6-4-1-5(7)3-8-2-4/h5-7H,1-4H3;1-3,9-10H;1-3H. The third-order valence-corrected chi connectivity index (χ3v) is 5.38. The molecule has 1 fully saturated rings. The lowest BCUT2D eigenvalue weighted by Gasteiger charge is -2.32. The average Bonchev–Trinajstić information content (AvgIpc) is 2.96. The Labute approximate surface area is 204 Å². The van der Waals surface area contributed by atoms with E-state index in [0.717, 1.165) is 24.7 Å². The van der Waals surface area contributed by atoms with Crippen molar-refractivity contribution in [1.29, 1.82) is 0 Å². The second-order valence-corrected chi connectivity index (χ2v) is 9.07. The highest BCUT2D eigenvalue weighted by molar-refractivity contribution is 9.10. The predicted molar refractivity (Wildman–Crippen MR) is 126 cm³/mol. The molecule has 0 aromatic carbocycles. The van der Waals surface area contributed by atoms with E-state index in [1.54, 1.807) is 6.20 Å². The Morgan fingerprint density at radius 2 is 1.24 bits per heavy atom. The van der Waals surface area contributed by atoms with Crippen molar-refractivity contribution in [2.75, 3.05) is 0 Å². The minimum Gasteiger partial charge on any atom is -0.423 e. The Morgan fingerprint density at radius 3 is 1.62 bits per heavy atom. The summed E-state index contributed by atoms with van der Waals surface area (Å²) in [6.45, 7) is 7.83. The van der Waals surface area contributed by atoms with Gasteiger partial charge in [0.05, 0.1) is 29.8 Å². The molecule has 3 aromatic rings.